The third-order valence-corrected chi connectivity index (χ3v) is 13.1. The van der Waals surface area contributed by atoms with Crippen LogP contribution in [0.3, 0.4) is 0 Å². The SMILES string of the molecule is CCCC.CCCC=O.CCCCCC(C)C.CCCCCCCCC(CCCCCCCC)OC(=O)CCCCCCCOC=O.CCCCCCCCCCCOC(=O)CCCCCN1CCCC1. The van der Waals surface area contributed by atoms with E-state index in [1.807, 2.05) is 6.92 Å². The highest BCUT2D eigenvalue weighted by molar-refractivity contribution is 5.69. The molecule has 0 unspecified atom stereocenters. The molecule has 8 nitrogen and oxygen atoms in total. The predicted octanol–water partition coefficient (Wildman–Crippen LogP) is 19.6. The van der Waals surface area contributed by atoms with Gasteiger partial charge in [0, 0.05) is 19.3 Å². The van der Waals surface area contributed by atoms with E-state index in [2.05, 4.69) is 65.0 Å². The fourth-order valence-electron chi connectivity index (χ4n) is 8.22. The van der Waals surface area contributed by atoms with E-state index >= 15 is 0 Å². The summed E-state index contributed by atoms with van der Waals surface area (Å²) in [5.74, 6) is 0.901. The molecule has 0 amide bonds. The van der Waals surface area contributed by atoms with Crippen LogP contribution in [0.5, 0.6) is 0 Å². The van der Waals surface area contributed by atoms with E-state index in [1.54, 1.807) is 0 Å². The van der Waals surface area contributed by atoms with Crippen LogP contribution in [-0.4, -0.2) is 68.5 Å². The fraction of sp³-hybridized carbons (Fsp3) is 0.937. The normalized spacial score (nSPS) is 11.9. The molecule has 1 rings (SSSR count). The summed E-state index contributed by atoms with van der Waals surface area (Å²) in [6.07, 6.45) is 52.4. The molecule has 426 valence electrons. The molecular weight excluding hydrogens is 883 g/mol. The summed E-state index contributed by atoms with van der Waals surface area (Å²) < 4.78 is 15.9. The number of hydrogen-bond acceptors (Lipinski definition) is 8. The summed E-state index contributed by atoms with van der Waals surface area (Å²) in [4.78, 5) is 46.0. The lowest BCUT2D eigenvalue weighted by Crippen LogP contribution is -2.20. The summed E-state index contributed by atoms with van der Waals surface area (Å²) in [6, 6.07) is 0. The van der Waals surface area contributed by atoms with Crippen LogP contribution < -0.4 is 0 Å². The van der Waals surface area contributed by atoms with Crippen molar-refractivity contribution in [1.82, 2.24) is 4.90 Å². The number of ether oxygens (including phenoxy) is 3. The Hall–Kier alpha value is -1.96. The van der Waals surface area contributed by atoms with Gasteiger partial charge in [-0.15, -0.1) is 0 Å². The lowest BCUT2D eigenvalue weighted by molar-refractivity contribution is -0.150. The fourth-order valence-corrected chi connectivity index (χ4v) is 8.22. The van der Waals surface area contributed by atoms with Gasteiger partial charge in [-0.3, -0.25) is 14.4 Å². The lowest BCUT2D eigenvalue weighted by atomic mass is 10.0. The maximum absolute atomic E-state index is 12.3. The first kappa shape index (κ1) is 75.6. The van der Waals surface area contributed by atoms with Gasteiger partial charge in [-0.1, -0.05) is 242 Å². The molecule has 1 heterocycles. The van der Waals surface area contributed by atoms with Gasteiger partial charge in [0.1, 0.15) is 12.4 Å². The maximum Gasteiger partial charge on any atom is 0.306 e. The first-order chi connectivity index (χ1) is 34.7. The number of likely N-dealkylation sites (tertiary alicyclic amines) is 1. The highest BCUT2D eigenvalue weighted by Crippen LogP contribution is 2.19. The third-order valence-electron chi connectivity index (χ3n) is 13.1. The van der Waals surface area contributed by atoms with Gasteiger partial charge in [-0.05, 0) is 103 Å². The molecule has 1 saturated heterocycles. The Balaban J connectivity index is -0.000000481. The highest BCUT2D eigenvalue weighted by Gasteiger charge is 2.14. The molecule has 0 spiro atoms. The van der Waals surface area contributed by atoms with Crippen LogP contribution in [0.25, 0.3) is 0 Å². The first-order valence-corrected chi connectivity index (χ1v) is 31.2. The predicted molar refractivity (Wildman–Crippen MR) is 308 cm³/mol. The van der Waals surface area contributed by atoms with E-state index in [-0.39, 0.29) is 18.0 Å². The van der Waals surface area contributed by atoms with E-state index < -0.39 is 0 Å². The molecule has 0 aromatic rings. The van der Waals surface area contributed by atoms with Gasteiger partial charge in [-0.2, -0.15) is 0 Å². The molecular formula is C63H127NO7. The highest BCUT2D eigenvalue weighted by atomic mass is 16.5. The number of aldehydes is 1. The smallest absolute Gasteiger partial charge is 0.306 e. The van der Waals surface area contributed by atoms with Crippen molar-refractivity contribution >= 4 is 24.7 Å². The van der Waals surface area contributed by atoms with Crippen molar-refractivity contribution in [2.24, 2.45) is 5.92 Å². The van der Waals surface area contributed by atoms with Crippen LogP contribution in [0, 0.1) is 5.92 Å². The second kappa shape index (κ2) is 70.1. The second-order valence-electron chi connectivity index (χ2n) is 21.0. The molecule has 0 aromatic carbocycles. The number of carbonyl (C=O) groups is 4. The van der Waals surface area contributed by atoms with Crippen LogP contribution in [0.1, 0.15) is 338 Å². The van der Waals surface area contributed by atoms with Gasteiger partial charge in [0.25, 0.3) is 6.47 Å². The van der Waals surface area contributed by atoms with Crippen molar-refractivity contribution in [3.63, 3.8) is 0 Å². The number of esters is 2. The van der Waals surface area contributed by atoms with Crippen LogP contribution in [0.2, 0.25) is 0 Å². The van der Waals surface area contributed by atoms with Crippen LogP contribution in [0.4, 0.5) is 0 Å². The minimum absolute atomic E-state index is 0.00994. The average molecular weight is 1010 g/mol. The van der Waals surface area contributed by atoms with Gasteiger partial charge < -0.3 is 23.9 Å². The lowest BCUT2D eigenvalue weighted by Gasteiger charge is -2.18. The molecule has 8 heteroatoms. The van der Waals surface area contributed by atoms with Crippen LogP contribution in [0.15, 0.2) is 0 Å². The summed E-state index contributed by atoms with van der Waals surface area (Å²) >= 11 is 0. The number of rotatable bonds is 47. The van der Waals surface area contributed by atoms with E-state index in [9.17, 15) is 19.2 Å². The van der Waals surface area contributed by atoms with Crippen molar-refractivity contribution in [1.29, 1.82) is 0 Å². The number of carbonyl (C=O) groups excluding carboxylic acids is 4. The topological polar surface area (TPSA) is 99.2 Å². The molecule has 0 aliphatic carbocycles. The van der Waals surface area contributed by atoms with E-state index in [0.29, 0.717) is 38.9 Å². The quantitative estimate of drug-likeness (QED) is 0.0257. The van der Waals surface area contributed by atoms with Crippen molar-refractivity contribution < 1.29 is 33.4 Å². The Morgan fingerprint density at radius 1 is 0.437 bits per heavy atom. The summed E-state index contributed by atoms with van der Waals surface area (Å²) in [5, 5.41) is 0. The monoisotopic (exact) mass is 1010 g/mol. The molecule has 0 N–H and O–H groups in total. The molecule has 0 aromatic heterocycles. The van der Waals surface area contributed by atoms with E-state index in [0.717, 1.165) is 82.8 Å². The van der Waals surface area contributed by atoms with Gasteiger partial charge in [0.2, 0.25) is 0 Å². The van der Waals surface area contributed by atoms with Crippen molar-refractivity contribution in [3.05, 3.63) is 0 Å². The van der Waals surface area contributed by atoms with Gasteiger partial charge in [-0.25, -0.2) is 0 Å². The van der Waals surface area contributed by atoms with Crippen LogP contribution >= 0.6 is 0 Å². The molecule has 0 saturated carbocycles. The molecule has 0 bridgehead atoms. The third kappa shape index (κ3) is 74.7. The Morgan fingerprint density at radius 2 is 0.831 bits per heavy atom. The summed E-state index contributed by atoms with van der Waals surface area (Å²) in [7, 11) is 0. The van der Waals surface area contributed by atoms with Gasteiger partial charge >= 0.3 is 11.9 Å². The molecule has 0 atom stereocenters. The van der Waals surface area contributed by atoms with Gasteiger partial charge in [0.05, 0.1) is 13.2 Å². The number of hydrogen-bond donors (Lipinski definition) is 0. The van der Waals surface area contributed by atoms with E-state index in [1.165, 1.54) is 206 Å². The van der Waals surface area contributed by atoms with Crippen LogP contribution in [-0.2, 0) is 33.4 Å². The minimum atomic E-state index is -0.0127. The number of unbranched alkanes of at least 4 members (excludes halogenated alkanes) is 28. The molecule has 1 aliphatic rings. The van der Waals surface area contributed by atoms with Crippen molar-refractivity contribution in [2.75, 3.05) is 32.8 Å². The van der Waals surface area contributed by atoms with Crippen molar-refractivity contribution in [3.8, 4) is 0 Å². The Bertz CT molecular complexity index is 983. The molecule has 0 radical (unpaired) electrons. The second-order valence-corrected chi connectivity index (χ2v) is 21.0. The number of nitrogens with zero attached hydrogens (tertiary/aromatic N) is 1. The first-order valence-electron chi connectivity index (χ1n) is 31.2. The summed E-state index contributed by atoms with van der Waals surface area (Å²) in [6.45, 7) is 25.3. The summed E-state index contributed by atoms with van der Waals surface area (Å²) in [5.41, 5.74) is 0. The zero-order valence-electron chi connectivity index (χ0n) is 49.6. The largest absolute Gasteiger partial charge is 0.468 e. The molecule has 71 heavy (non-hydrogen) atoms. The maximum atomic E-state index is 12.3. The molecule has 1 aliphatic heterocycles. The minimum Gasteiger partial charge on any atom is -0.468 e. The Labute approximate surface area is 444 Å². The van der Waals surface area contributed by atoms with Gasteiger partial charge in [0.15, 0.2) is 0 Å². The van der Waals surface area contributed by atoms with Crippen molar-refractivity contribution in [2.45, 2.75) is 345 Å². The average Bonchev–Trinajstić information content (AvgIpc) is 3.89. The van der Waals surface area contributed by atoms with E-state index in [4.69, 9.17) is 9.47 Å². The zero-order valence-corrected chi connectivity index (χ0v) is 49.6. The standard InChI is InChI=1S/C26H50O4.C21H41NO2.C8H18.C4H8O.C4H10/c1-3-5-7-9-12-16-20-25(21-17-13-10-8-6-4-2)30-26(28)22-18-14-11-15-19-23-29-24-27;1-2-3-4-5-6-7-8-9-15-20-24-21(23)16-11-10-12-17-22-18-13-14-19-22;1-4-5-6-7-8(2)3;1-2-3-4-5;1-3-4-2/h24-25H,3-23H2,1-2H3;2-20H2,1H3;8H,4-7H2,1-3H3;4H,2-3H2,1H3;3-4H2,1-2H3. The molecule has 1 fully saturated rings. The Morgan fingerprint density at radius 3 is 1.25 bits per heavy atom. The zero-order chi connectivity index (χ0) is 53.4. The Kier molecular flexibility index (Phi) is 74.6.